The van der Waals surface area contributed by atoms with E-state index in [-0.39, 0.29) is 12.5 Å². The molecule has 3 N–H and O–H groups in total. The van der Waals surface area contributed by atoms with Gasteiger partial charge >= 0.3 is 13.7 Å². The summed E-state index contributed by atoms with van der Waals surface area (Å²) in [6.07, 6.45) is 0.101. The van der Waals surface area contributed by atoms with E-state index in [1.54, 1.807) is 18.2 Å². The average Bonchev–Trinajstić information content (AvgIpc) is 2.77. The summed E-state index contributed by atoms with van der Waals surface area (Å²) in [5.74, 6) is 0.847. The molecule has 9 heteroatoms. The highest BCUT2D eigenvalue weighted by molar-refractivity contribution is 7.66. The van der Waals surface area contributed by atoms with Crippen LogP contribution >= 0.6 is 19.2 Å². The fraction of sp³-hybridized carbons (Fsp3) is 0.417. The third-order valence-electron chi connectivity index (χ3n) is 2.58. The van der Waals surface area contributed by atoms with Crippen molar-refractivity contribution in [2.45, 2.75) is 13.3 Å². The zero-order valence-corrected chi connectivity index (χ0v) is 13.2. The molecule has 0 fully saturated rings. The highest BCUT2D eigenvalue weighted by Gasteiger charge is 2.33. The van der Waals surface area contributed by atoms with Crippen molar-refractivity contribution in [1.82, 2.24) is 5.09 Å². The Morgan fingerprint density at radius 3 is 2.81 bits per heavy atom. The summed E-state index contributed by atoms with van der Waals surface area (Å²) in [5.41, 5.74) is 1.23. The van der Waals surface area contributed by atoms with Crippen LogP contribution in [0.2, 0.25) is 0 Å². The lowest BCUT2D eigenvalue weighted by molar-refractivity contribution is 0.159. The molecule has 0 radical (unpaired) electrons. The minimum absolute atomic E-state index is 0.0509. The van der Waals surface area contributed by atoms with Crippen molar-refractivity contribution in [3.05, 3.63) is 18.2 Å². The molecule has 21 heavy (non-hydrogen) atoms. The summed E-state index contributed by atoms with van der Waals surface area (Å²) in [6, 6.07) is 5.23. The van der Waals surface area contributed by atoms with E-state index >= 15 is 0 Å². The van der Waals surface area contributed by atoms with E-state index in [4.69, 9.17) is 21.1 Å². The van der Waals surface area contributed by atoms with E-state index < -0.39 is 13.7 Å². The third-order valence-corrected chi connectivity index (χ3v) is 4.34. The summed E-state index contributed by atoms with van der Waals surface area (Å²) < 4.78 is 22.7. The average molecular weight is 334 g/mol. The van der Waals surface area contributed by atoms with Crippen molar-refractivity contribution in [1.29, 1.82) is 0 Å². The number of fused-ring (bicyclic) bond motifs is 1. The topological polar surface area (TPSA) is 88.7 Å². The lowest BCUT2D eigenvalue weighted by atomic mass is 10.2. The summed E-state index contributed by atoms with van der Waals surface area (Å²) in [7, 11) is -3.32. The molecule has 1 aliphatic heterocycles. The smallest absolute Gasteiger partial charge is 0.415 e. The molecule has 1 aromatic carbocycles. The summed E-state index contributed by atoms with van der Waals surface area (Å²) in [4.78, 5) is 11.5. The van der Waals surface area contributed by atoms with E-state index in [9.17, 15) is 9.36 Å². The van der Waals surface area contributed by atoms with Crippen LogP contribution in [-0.4, -0.2) is 25.2 Å². The number of amides is 1. The molecule has 7 nitrogen and oxygen atoms in total. The van der Waals surface area contributed by atoms with Crippen LogP contribution in [0.5, 0.6) is 5.75 Å². The Kier molecular flexibility index (Phi) is 5.20. The Morgan fingerprint density at radius 1 is 1.33 bits per heavy atom. The Hall–Kier alpha value is -1.59. The molecule has 1 atom stereocenters. The van der Waals surface area contributed by atoms with Gasteiger partial charge in [-0.2, -0.15) is 0 Å². The van der Waals surface area contributed by atoms with Gasteiger partial charge in [0, 0.05) is 6.07 Å². The highest BCUT2D eigenvalue weighted by atomic mass is 35.5. The Labute approximate surface area is 127 Å². The van der Waals surface area contributed by atoms with Gasteiger partial charge < -0.3 is 19.6 Å². The molecule has 1 aliphatic rings. The number of nitrogens with one attached hydrogen (secondary N) is 3. The first kappa shape index (κ1) is 15.8. The van der Waals surface area contributed by atoms with Gasteiger partial charge in [0.2, 0.25) is 0 Å². The van der Waals surface area contributed by atoms with Crippen LogP contribution in [0.3, 0.4) is 0 Å². The second-order valence-corrected chi connectivity index (χ2v) is 6.59. The van der Waals surface area contributed by atoms with E-state index in [2.05, 4.69) is 15.3 Å². The van der Waals surface area contributed by atoms with Crippen molar-refractivity contribution >= 4 is 36.7 Å². The molecule has 0 saturated carbocycles. The fourth-order valence-corrected chi connectivity index (χ4v) is 3.36. The third kappa shape index (κ3) is 4.19. The number of carbonyl (C=O) groups is 1. The first-order valence-electron chi connectivity index (χ1n) is 6.51. The number of carbonyl (C=O) groups excluding carboxylic acids is 1. The Bertz CT molecular complexity index is 569. The SMILES string of the molecule is CCCOc1ccc2c(c1)NP(=O)(NC(=O)OCCCl)N2. The van der Waals surface area contributed by atoms with Crippen LogP contribution < -0.4 is 20.0 Å². The number of anilines is 2. The lowest BCUT2D eigenvalue weighted by Gasteiger charge is -2.14. The van der Waals surface area contributed by atoms with E-state index in [1.165, 1.54) is 0 Å². The lowest BCUT2D eigenvalue weighted by Crippen LogP contribution is -2.26. The fourth-order valence-electron chi connectivity index (χ4n) is 1.74. The largest absolute Gasteiger partial charge is 0.494 e. The van der Waals surface area contributed by atoms with Crippen molar-refractivity contribution in [2.24, 2.45) is 0 Å². The Morgan fingerprint density at radius 2 is 2.10 bits per heavy atom. The van der Waals surface area contributed by atoms with Crippen LogP contribution in [0.25, 0.3) is 0 Å². The molecule has 116 valence electrons. The van der Waals surface area contributed by atoms with Crippen LogP contribution in [0.15, 0.2) is 18.2 Å². The van der Waals surface area contributed by atoms with E-state index in [0.717, 1.165) is 6.42 Å². The van der Waals surface area contributed by atoms with E-state index in [1.807, 2.05) is 6.92 Å². The molecule has 0 aliphatic carbocycles. The van der Waals surface area contributed by atoms with Gasteiger partial charge in [-0.05, 0) is 18.6 Å². The zero-order valence-electron chi connectivity index (χ0n) is 11.5. The van der Waals surface area contributed by atoms with Crippen molar-refractivity contribution in [3.63, 3.8) is 0 Å². The number of benzene rings is 1. The van der Waals surface area contributed by atoms with Gasteiger partial charge in [-0.25, -0.2) is 9.88 Å². The number of rotatable bonds is 6. The Balaban J connectivity index is 2.00. The first-order chi connectivity index (χ1) is 10.1. The molecule has 1 aromatic rings. The first-order valence-corrected chi connectivity index (χ1v) is 8.75. The number of hydrogen-bond donors (Lipinski definition) is 3. The minimum atomic E-state index is -3.32. The molecule has 2 rings (SSSR count). The van der Waals surface area contributed by atoms with E-state index in [0.29, 0.717) is 23.7 Å². The molecule has 0 saturated heterocycles. The van der Waals surface area contributed by atoms with Crippen LogP contribution in [0.4, 0.5) is 16.2 Å². The molecule has 0 spiro atoms. The number of hydrogen-bond acceptors (Lipinski definition) is 4. The second kappa shape index (κ2) is 6.91. The maximum Gasteiger partial charge on any atom is 0.415 e. The molecule has 1 amide bonds. The molecule has 0 bridgehead atoms. The van der Waals surface area contributed by atoms with Crippen LogP contribution in [0, 0.1) is 0 Å². The highest BCUT2D eigenvalue weighted by Crippen LogP contribution is 2.51. The molecule has 1 unspecified atom stereocenters. The van der Waals surface area contributed by atoms with Crippen LogP contribution in [-0.2, 0) is 9.30 Å². The number of alkyl halides is 1. The maximum atomic E-state index is 12.5. The van der Waals surface area contributed by atoms with Crippen molar-refractivity contribution in [2.75, 3.05) is 29.3 Å². The van der Waals surface area contributed by atoms with Gasteiger partial charge in [-0.1, -0.05) is 6.92 Å². The summed E-state index contributed by atoms with van der Waals surface area (Å²) in [6.45, 7) is 2.67. The summed E-state index contributed by atoms with van der Waals surface area (Å²) in [5, 5.41) is 7.77. The van der Waals surface area contributed by atoms with Gasteiger partial charge in [0.05, 0.1) is 23.9 Å². The standard InChI is InChI=1S/C12H17ClN3O4P/c1-2-6-19-9-3-4-10-11(8-9)15-21(18,14-10)16-12(17)20-7-5-13/h3-4,8H,2,5-7H2,1H3,(H3,14,15,16,17,18). The molecule has 1 heterocycles. The minimum Gasteiger partial charge on any atom is -0.494 e. The quantitative estimate of drug-likeness (QED) is 0.546. The summed E-state index contributed by atoms with van der Waals surface area (Å²) >= 11 is 5.41. The normalized spacial score (nSPS) is 19.1. The molecule has 0 aromatic heterocycles. The van der Waals surface area contributed by atoms with Crippen LogP contribution in [0.1, 0.15) is 13.3 Å². The maximum absolute atomic E-state index is 12.5. The van der Waals surface area contributed by atoms with Crippen molar-refractivity contribution < 1.29 is 18.8 Å². The van der Waals surface area contributed by atoms with Crippen molar-refractivity contribution in [3.8, 4) is 5.75 Å². The predicted octanol–water partition coefficient (Wildman–Crippen LogP) is 3.39. The predicted molar refractivity (Wildman–Crippen MR) is 82.3 cm³/mol. The van der Waals surface area contributed by atoms with Gasteiger partial charge in [0.25, 0.3) is 0 Å². The van der Waals surface area contributed by atoms with Gasteiger partial charge in [-0.15, -0.1) is 11.6 Å². The van der Waals surface area contributed by atoms with Gasteiger partial charge in [0.1, 0.15) is 12.4 Å². The monoisotopic (exact) mass is 333 g/mol. The molecular weight excluding hydrogens is 317 g/mol. The van der Waals surface area contributed by atoms with Gasteiger partial charge in [-0.3, -0.25) is 4.57 Å². The number of halogens is 1. The second-order valence-electron chi connectivity index (χ2n) is 4.33. The van der Waals surface area contributed by atoms with Gasteiger partial charge in [0.15, 0.2) is 0 Å². The number of ether oxygens (including phenoxy) is 2. The molecular formula is C12H17ClN3O4P. The zero-order chi connectivity index (χ0) is 15.3.